The predicted molar refractivity (Wildman–Crippen MR) is 227 cm³/mol. The SMILES string of the molecule is OC[C@H]1O[C@H](On2cc(COC[C@H]3O[C@H](OC[C@H]4O[C@H](O)[C@@H](O)[C@@H](OCc5cn(O[C@H]6O[C@H](CO)[C@@H](O)[C@H](O)[C@@H]6O)nn5)[C@@H]4O)[C@@H](O)[C@@H](OCc4cn(O[C@H]5O[C@H](CO)[C@@H](O)[C@H](O)[C@@H]5O)nn4)[C@@H]3O)nn2)[C@@H](O)[C@@H](O)[C@@H]1O. The fourth-order valence-corrected chi connectivity index (χ4v) is 8.44. The van der Waals surface area contributed by atoms with Crippen molar-refractivity contribution < 1.29 is 144 Å². The fraction of sp³-hybridized carbons (Fsp3) is 0.846. The molecule has 5 aliphatic rings. The van der Waals surface area contributed by atoms with Crippen molar-refractivity contribution in [1.82, 2.24) is 45.5 Å². The molecule has 0 spiro atoms. The van der Waals surface area contributed by atoms with E-state index in [4.69, 9.17) is 57.1 Å². The summed E-state index contributed by atoms with van der Waals surface area (Å²) in [5.41, 5.74) is 0.0664. The second-order valence-corrected chi connectivity index (χ2v) is 18.2. The van der Waals surface area contributed by atoms with Crippen LogP contribution < -0.4 is 14.5 Å². The summed E-state index contributed by atoms with van der Waals surface area (Å²) in [6.45, 7) is -4.75. The summed E-state index contributed by atoms with van der Waals surface area (Å²) in [7, 11) is 0. The highest BCUT2D eigenvalue weighted by molar-refractivity contribution is 4.98. The molecule has 38 nitrogen and oxygen atoms in total. The van der Waals surface area contributed by atoms with Gasteiger partial charge >= 0.3 is 0 Å². The van der Waals surface area contributed by atoms with Crippen LogP contribution in [0.4, 0.5) is 0 Å². The molecule has 77 heavy (non-hydrogen) atoms. The number of ether oxygens (including phenoxy) is 9. The first-order chi connectivity index (χ1) is 36.8. The normalized spacial score (nSPS) is 41.8. The van der Waals surface area contributed by atoms with Gasteiger partial charge < -0.3 is 144 Å². The van der Waals surface area contributed by atoms with Crippen LogP contribution in [0.3, 0.4) is 0 Å². The first kappa shape index (κ1) is 58.9. The van der Waals surface area contributed by atoms with Gasteiger partial charge in [0.1, 0.15) is 139 Å². The highest BCUT2D eigenvalue weighted by Gasteiger charge is 2.51. The van der Waals surface area contributed by atoms with Gasteiger partial charge in [-0.15, -0.1) is 15.3 Å². The Morgan fingerprint density at radius 3 is 1.13 bits per heavy atom. The number of hydrogen-bond acceptors (Lipinski definition) is 35. The molecule has 5 saturated heterocycles. The van der Waals surface area contributed by atoms with Gasteiger partial charge in [-0.2, -0.15) is 0 Å². The zero-order valence-electron chi connectivity index (χ0n) is 39.8. The summed E-state index contributed by atoms with van der Waals surface area (Å²) in [6.07, 6.45) is -38.0. The largest absolute Gasteiger partial charge is 0.394 e. The van der Waals surface area contributed by atoms with Gasteiger partial charge in [0.05, 0.1) is 71.4 Å². The lowest BCUT2D eigenvalue weighted by Gasteiger charge is -2.44. The second kappa shape index (κ2) is 25.9. The van der Waals surface area contributed by atoms with E-state index < -0.39 is 200 Å². The number of hydrogen-bond donors (Lipinski definition) is 17. The van der Waals surface area contributed by atoms with Gasteiger partial charge in [0, 0.05) is 0 Å². The van der Waals surface area contributed by atoms with Crippen molar-refractivity contribution in [2.75, 3.05) is 33.0 Å². The van der Waals surface area contributed by atoms with E-state index in [1.54, 1.807) is 0 Å². The van der Waals surface area contributed by atoms with E-state index in [0.717, 1.165) is 17.2 Å². The van der Waals surface area contributed by atoms with Gasteiger partial charge in [-0.05, 0) is 15.6 Å². The smallest absolute Gasteiger partial charge is 0.256 e. The first-order valence-electron chi connectivity index (χ1n) is 23.6. The summed E-state index contributed by atoms with van der Waals surface area (Å²) >= 11 is 0. The topological polar surface area (TPSA) is 547 Å². The molecule has 0 amide bonds. The molecule has 8 rings (SSSR count). The predicted octanol–water partition coefficient (Wildman–Crippen LogP) is -14.3. The molecule has 17 N–H and O–H groups in total. The molecule has 436 valence electrons. The maximum absolute atomic E-state index is 11.5. The maximum atomic E-state index is 11.5. The Balaban J connectivity index is 0.898. The Hall–Kier alpha value is -4.22. The van der Waals surface area contributed by atoms with Gasteiger partial charge in [0.15, 0.2) is 12.6 Å². The van der Waals surface area contributed by atoms with Crippen molar-refractivity contribution >= 4 is 0 Å². The Morgan fingerprint density at radius 2 is 0.727 bits per heavy atom. The third-order valence-corrected chi connectivity index (χ3v) is 12.8. The summed E-state index contributed by atoms with van der Waals surface area (Å²) < 4.78 is 50.3. The van der Waals surface area contributed by atoms with Crippen molar-refractivity contribution in [3.63, 3.8) is 0 Å². The summed E-state index contributed by atoms with van der Waals surface area (Å²) in [4.78, 5) is 18.3. The van der Waals surface area contributed by atoms with Crippen LogP contribution in [0.2, 0.25) is 0 Å². The standard InChI is InChI=1S/C39H61N9O29/c49-4-15-20(52)25(57)28(60)37(71-15)75-46-1-12(40-43-46)7-66-10-18-23(55)34(68-9-14-3-48(45-42-14)77-39-30(62)27(59)22(54)17(6-51)73-39)32(64)36(74-18)69-11-19-24(56)33(31(63)35(65)70-19)67-8-13-2-47(44-41-13)76-38-29(61)26(58)21(53)16(5-50)72-38/h1-3,15-39,49-65H,4-11H2/t15-,16-,17-,18-,19-,20-,21-,22-,23-,24-,25+,26+,27+,28+,29+,30+,31+,32+,33+,34+,35+,36+,37-,38-,39-/m1/s1. The molecule has 0 radical (unpaired) electrons. The van der Waals surface area contributed by atoms with Gasteiger partial charge in [-0.1, -0.05) is 14.5 Å². The lowest BCUT2D eigenvalue weighted by molar-refractivity contribution is -0.333. The molecule has 5 aliphatic heterocycles. The minimum absolute atomic E-state index is 0.00531. The zero-order chi connectivity index (χ0) is 55.4. The molecule has 0 bridgehead atoms. The molecule has 8 heterocycles. The number of aliphatic hydroxyl groups is 17. The van der Waals surface area contributed by atoms with Crippen molar-refractivity contribution in [3.8, 4) is 0 Å². The number of aliphatic hydroxyl groups excluding tert-OH is 17. The molecule has 3 aromatic heterocycles. The molecule has 38 heteroatoms. The highest BCUT2D eigenvalue weighted by atomic mass is 16.8. The minimum Gasteiger partial charge on any atom is -0.394 e. The van der Waals surface area contributed by atoms with Crippen LogP contribution in [0.5, 0.6) is 0 Å². The molecule has 3 aromatic rings. The number of nitrogens with zero attached hydrogens (tertiary/aromatic N) is 9. The molecular weight excluding hydrogens is 1060 g/mol. The first-order valence-corrected chi connectivity index (χ1v) is 23.6. The Morgan fingerprint density at radius 1 is 0.364 bits per heavy atom. The van der Waals surface area contributed by atoms with Crippen molar-refractivity contribution in [2.24, 2.45) is 0 Å². The van der Waals surface area contributed by atoms with Crippen LogP contribution in [0.15, 0.2) is 18.6 Å². The van der Waals surface area contributed by atoms with Crippen molar-refractivity contribution in [1.29, 1.82) is 0 Å². The van der Waals surface area contributed by atoms with Crippen molar-refractivity contribution in [3.05, 3.63) is 35.7 Å². The zero-order valence-corrected chi connectivity index (χ0v) is 39.8. The van der Waals surface area contributed by atoms with E-state index in [2.05, 4.69) is 30.9 Å². The summed E-state index contributed by atoms with van der Waals surface area (Å²) in [5, 5.41) is 198. The lowest BCUT2D eigenvalue weighted by atomic mass is 9.98. The highest BCUT2D eigenvalue weighted by Crippen LogP contribution is 2.30. The van der Waals surface area contributed by atoms with Gasteiger partial charge in [-0.3, -0.25) is 0 Å². The Kier molecular flexibility index (Phi) is 19.8. The molecule has 0 saturated carbocycles. The monoisotopic (exact) mass is 1120 g/mol. The van der Waals surface area contributed by atoms with Crippen LogP contribution in [0.25, 0.3) is 0 Å². The van der Waals surface area contributed by atoms with Gasteiger partial charge in [0.2, 0.25) is 0 Å². The van der Waals surface area contributed by atoms with Crippen LogP contribution >= 0.6 is 0 Å². The molecule has 25 atom stereocenters. The summed E-state index contributed by atoms with van der Waals surface area (Å²) in [6, 6.07) is 0. The van der Waals surface area contributed by atoms with Crippen LogP contribution in [-0.2, 0) is 62.5 Å². The Labute approximate surface area is 431 Å². The molecule has 0 unspecified atom stereocenters. The third kappa shape index (κ3) is 13.4. The average molecular weight is 1120 g/mol. The second-order valence-electron chi connectivity index (χ2n) is 18.2. The van der Waals surface area contributed by atoms with Gasteiger partial charge in [0.25, 0.3) is 18.9 Å². The van der Waals surface area contributed by atoms with Crippen LogP contribution in [0, 0.1) is 0 Å². The van der Waals surface area contributed by atoms with Crippen molar-refractivity contribution in [2.45, 2.75) is 173 Å². The average Bonchev–Trinajstić information content (AvgIpc) is 4.21. The summed E-state index contributed by atoms with van der Waals surface area (Å²) in [5.74, 6) is 0. The molecule has 5 fully saturated rings. The number of rotatable bonds is 22. The van der Waals surface area contributed by atoms with E-state index in [-0.39, 0.29) is 23.7 Å². The molecule has 0 aromatic carbocycles. The lowest BCUT2D eigenvalue weighted by Crippen LogP contribution is -2.62. The Bertz CT molecular complexity index is 2270. The van der Waals surface area contributed by atoms with E-state index in [1.807, 2.05) is 0 Å². The quantitative estimate of drug-likeness (QED) is 0.0444. The van der Waals surface area contributed by atoms with Gasteiger partial charge in [-0.25, -0.2) is 0 Å². The number of aromatic nitrogens is 9. The van der Waals surface area contributed by atoms with Crippen LogP contribution in [0.1, 0.15) is 17.1 Å². The maximum Gasteiger partial charge on any atom is 0.256 e. The minimum atomic E-state index is -1.99. The fourth-order valence-electron chi connectivity index (χ4n) is 8.44. The van der Waals surface area contributed by atoms with E-state index in [9.17, 15) is 86.8 Å². The van der Waals surface area contributed by atoms with Crippen LogP contribution in [-0.4, -0.2) is 319 Å². The van der Waals surface area contributed by atoms with E-state index in [0.29, 0.717) is 9.69 Å². The molecular formula is C39H61N9O29. The van der Waals surface area contributed by atoms with E-state index in [1.165, 1.54) is 6.20 Å². The van der Waals surface area contributed by atoms with E-state index >= 15 is 0 Å². The molecule has 0 aliphatic carbocycles. The third-order valence-electron chi connectivity index (χ3n) is 12.8.